The molecule has 0 saturated heterocycles. The molecular formula is C32H28F6O2. The largest absolute Gasteiger partial charge is 0.496 e. The summed E-state index contributed by atoms with van der Waals surface area (Å²) in [6.45, 7) is 10.7. The second-order valence-electron chi connectivity index (χ2n) is 9.82. The van der Waals surface area contributed by atoms with Crippen molar-refractivity contribution in [2.75, 3.05) is 14.2 Å². The van der Waals surface area contributed by atoms with Crippen molar-refractivity contribution >= 4 is 0 Å². The van der Waals surface area contributed by atoms with Crippen molar-refractivity contribution in [1.29, 1.82) is 0 Å². The van der Waals surface area contributed by atoms with E-state index in [2.05, 4.69) is 0 Å². The van der Waals surface area contributed by atoms with Crippen molar-refractivity contribution < 1.29 is 35.8 Å². The lowest BCUT2D eigenvalue weighted by atomic mass is 9.79. The third kappa shape index (κ3) is 4.39. The molecule has 0 bridgehead atoms. The maximum atomic E-state index is 14.3. The van der Waals surface area contributed by atoms with Gasteiger partial charge >= 0.3 is 0 Å². The van der Waals surface area contributed by atoms with Crippen LogP contribution in [0.2, 0.25) is 0 Å². The van der Waals surface area contributed by atoms with Gasteiger partial charge in [0.15, 0.2) is 34.9 Å². The van der Waals surface area contributed by atoms with Gasteiger partial charge in [-0.25, -0.2) is 26.3 Å². The lowest BCUT2D eigenvalue weighted by Gasteiger charge is -2.27. The van der Waals surface area contributed by atoms with Gasteiger partial charge in [0, 0.05) is 0 Å². The van der Waals surface area contributed by atoms with Crippen LogP contribution in [-0.2, 0) is 0 Å². The quantitative estimate of drug-likeness (QED) is 0.179. The number of benzene rings is 4. The van der Waals surface area contributed by atoms with Crippen LogP contribution in [0.1, 0.15) is 33.4 Å². The molecule has 0 saturated carbocycles. The molecule has 8 heteroatoms. The van der Waals surface area contributed by atoms with E-state index in [0.29, 0.717) is 67.1 Å². The van der Waals surface area contributed by atoms with E-state index in [0.717, 1.165) is 24.3 Å². The highest BCUT2D eigenvalue weighted by Crippen LogP contribution is 2.49. The summed E-state index contributed by atoms with van der Waals surface area (Å²) in [5.74, 6) is -7.58. The molecule has 4 aromatic carbocycles. The number of rotatable bonds is 5. The number of hydrogen-bond acceptors (Lipinski definition) is 2. The van der Waals surface area contributed by atoms with Crippen molar-refractivity contribution in [3.8, 4) is 44.9 Å². The third-order valence-electron chi connectivity index (χ3n) is 7.57. The summed E-state index contributed by atoms with van der Waals surface area (Å²) in [6, 6.07) is 3.71. The predicted molar refractivity (Wildman–Crippen MR) is 144 cm³/mol. The fourth-order valence-corrected chi connectivity index (χ4v) is 6.02. The van der Waals surface area contributed by atoms with Gasteiger partial charge in [0.25, 0.3) is 0 Å². The van der Waals surface area contributed by atoms with Crippen molar-refractivity contribution in [2.45, 2.75) is 41.5 Å². The van der Waals surface area contributed by atoms with Gasteiger partial charge in [0.05, 0.1) is 14.2 Å². The first kappa shape index (κ1) is 29.1. The van der Waals surface area contributed by atoms with Crippen LogP contribution in [0.5, 0.6) is 11.5 Å². The van der Waals surface area contributed by atoms with E-state index in [1.807, 2.05) is 13.8 Å². The molecule has 0 amide bonds. The van der Waals surface area contributed by atoms with Crippen LogP contribution < -0.4 is 9.47 Å². The first-order valence-corrected chi connectivity index (χ1v) is 12.4. The number of methoxy groups -OCH3 is 2. The summed E-state index contributed by atoms with van der Waals surface area (Å²) in [5, 5.41) is 0. The van der Waals surface area contributed by atoms with Crippen LogP contribution in [0.15, 0.2) is 24.3 Å². The predicted octanol–water partition coefficient (Wildman–Crippen LogP) is 9.39. The Balaban J connectivity index is 2.20. The fraction of sp³-hybridized carbons (Fsp3) is 0.250. The molecule has 0 fully saturated rings. The molecule has 0 radical (unpaired) electrons. The summed E-state index contributed by atoms with van der Waals surface area (Å²) >= 11 is 0. The zero-order valence-electron chi connectivity index (χ0n) is 23.4. The van der Waals surface area contributed by atoms with Crippen molar-refractivity contribution in [3.05, 3.63) is 92.5 Å². The molecule has 0 aliphatic heterocycles. The van der Waals surface area contributed by atoms with Gasteiger partial charge in [-0.1, -0.05) is 0 Å². The monoisotopic (exact) mass is 558 g/mol. The molecule has 0 atom stereocenters. The van der Waals surface area contributed by atoms with Crippen LogP contribution in [0.3, 0.4) is 0 Å². The zero-order valence-corrected chi connectivity index (χ0v) is 23.4. The summed E-state index contributed by atoms with van der Waals surface area (Å²) in [5.41, 5.74) is 6.18. The minimum atomic E-state index is -1.57. The van der Waals surface area contributed by atoms with Gasteiger partial charge in [-0.15, -0.1) is 0 Å². The molecule has 0 unspecified atom stereocenters. The Bertz CT molecular complexity index is 1520. The molecule has 0 spiro atoms. The highest BCUT2D eigenvalue weighted by Gasteiger charge is 2.28. The standard InChI is InChI=1S/C32H28F6O2/c1-13-25(19-9-21(33)29(37)22(34)10-19)15(3)31(39-7)17(5)27(13)28-14(2)26(16(4)32(40-8)18(28)6)20-11-23(35)30(38)24(36)12-20/h9-12H,1-8H3. The van der Waals surface area contributed by atoms with E-state index in [1.54, 1.807) is 27.7 Å². The van der Waals surface area contributed by atoms with E-state index in [9.17, 15) is 26.3 Å². The molecule has 40 heavy (non-hydrogen) atoms. The number of hydrogen-bond donors (Lipinski definition) is 0. The lowest BCUT2D eigenvalue weighted by Crippen LogP contribution is -2.06. The Morgan fingerprint density at radius 1 is 0.400 bits per heavy atom. The topological polar surface area (TPSA) is 18.5 Å². The molecule has 4 rings (SSSR count). The third-order valence-corrected chi connectivity index (χ3v) is 7.57. The zero-order chi connectivity index (χ0) is 29.8. The van der Waals surface area contributed by atoms with Crippen LogP contribution in [0.25, 0.3) is 33.4 Å². The highest BCUT2D eigenvalue weighted by atomic mass is 19.2. The van der Waals surface area contributed by atoms with Gasteiger partial charge in [-0.3, -0.25) is 0 Å². The van der Waals surface area contributed by atoms with Gasteiger partial charge in [0.1, 0.15) is 11.5 Å². The minimum absolute atomic E-state index is 0.114. The maximum Gasteiger partial charge on any atom is 0.194 e. The summed E-state index contributed by atoms with van der Waals surface area (Å²) in [6.07, 6.45) is 0. The summed E-state index contributed by atoms with van der Waals surface area (Å²) in [4.78, 5) is 0. The first-order valence-electron chi connectivity index (χ1n) is 12.4. The van der Waals surface area contributed by atoms with Crippen LogP contribution in [-0.4, -0.2) is 14.2 Å². The number of ether oxygens (including phenoxy) is 2. The molecule has 210 valence electrons. The van der Waals surface area contributed by atoms with Gasteiger partial charge in [0.2, 0.25) is 0 Å². The maximum absolute atomic E-state index is 14.3. The van der Waals surface area contributed by atoms with Crippen LogP contribution >= 0.6 is 0 Å². The van der Waals surface area contributed by atoms with Crippen molar-refractivity contribution in [1.82, 2.24) is 0 Å². The summed E-state index contributed by atoms with van der Waals surface area (Å²) in [7, 11) is 2.93. The van der Waals surface area contributed by atoms with E-state index < -0.39 is 34.9 Å². The second kappa shape index (κ2) is 10.6. The summed E-state index contributed by atoms with van der Waals surface area (Å²) < 4.78 is 96.4. The molecule has 0 N–H and O–H groups in total. The Kier molecular flexibility index (Phi) is 7.67. The smallest absolute Gasteiger partial charge is 0.194 e. The van der Waals surface area contributed by atoms with Crippen LogP contribution in [0, 0.1) is 76.4 Å². The molecular weight excluding hydrogens is 530 g/mol. The van der Waals surface area contributed by atoms with Gasteiger partial charge < -0.3 is 9.47 Å². The minimum Gasteiger partial charge on any atom is -0.496 e. The van der Waals surface area contributed by atoms with Crippen molar-refractivity contribution in [3.63, 3.8) is 0 Å². The van der Waals surface area contributed by atoms with E-state index in [1.165, 1.54) is 14.2 Å². The highest BCUT2D eigenvalue weighted by molar-refractivity contribution is 5.92. The Morgan fingerprint density at radius 3 is 0.900 bits per heavy atom. The molecule has 0 aromatic heterocycles. The molecule has 4 aromatic rings. The van der Waals surface area contributed by atoms with Crippen molar-refractivity contribution in [2.24, 2.45) is 0 Å². The fourth-order valence-electron chi connectivity index (χ4n) is 6.02. The normalized spacial score (nSPS) is 11.2. The molecule has 2 nitrogen and oxygen atoms in total. The average molecular weight is 559 g/mol. The first-order chi connectivity index (χ1) is 18.8. The molecule has 0 heterocycles. The Labute approximate surface area is 229 Å². The second-order valence-corrected chi connectivity index (χ2v) is 9.82. The van der Waals surface area contributed by atoms with E-state index >= 15 is 0 Å². The van der Waals surface area contributed by atoms with Gasteiger partial charge in [-0.2, -0.15) is 0 Å². The number of halogens is 6. The molecule has 0 aliphatic rings. The Morgan fingerprint density at radius 2 is 0.650 bits per heavy atom. The van der Waals surface area contributed by atoms with E-state index in [4.69, 9.17) is 9.47 Å². The SMILES string of the molecule is COc1c(C)c(-c2cc(F)c(F)c(F)c2)c(C)c(-c2c(C)c(OC)c(C)c(-c3cc(F)c(F)c(F)c3)c2C)c1C. The average Bonchev–Trinajstić information content (AvgIpc) is 2.88. The Hall–Kier alpha value is -3.94. The van der Waals surface area contributed by atoms with Crippen LogP contribution in [0.4, 0.5) is 26.3 Å². The molecule has 0 aliphatic carbocycles. The van der Waals surface area contributed by atoms with E-state index in [-0.39, 0.29) is 11.1 Å². The lowest BCUT2D eigenvalue weighted by molar-refractivity contribution is 0.408. The van der Waals surface area contributed by atoms with Gasteiger partial charge in [-0.05, 0) is 133 Å².